The summed E-state index contributed by atoms with van der Waals surface area (Å²) in [5, 5.41) is 11.1. The van der Waals surface area contributed by atoms with Crippen molar-refractivity contribution in [3.05, 3.63) is 60.4 Å². The topological polar surface area (TPSA) is 24.1 Å². The van der Waals surface area contributed by atoms with Gasteiger partial charge in [-0.3, -0.25) is 0 Å². The Labute approximate surface area is 120 Å². The molecule has 0 fully saturated rings. The van der Waals surface area contributed by atoms with Crippen LogP contribution in [0, 0.1) is 5.82 Å². The number of aromatic hydroxyl groups is 1. The van der Waals surface area contributed by atoms with E-state index < -0.39 is 0 Å². The number of fused-ring (bicyclic) bond motifs is 1. The molecule has 0 radical (unpaired) electrons. The summed E-state index contributed by atoms with van der Waals surface area (Å²) in [7, 11) is 1.82. The summed E-state index contributed by atoms with van der Waals surface area (Å²) < 4.78 is 14.7. The van der Waals surface area contributed by atoms with E-state index in [-0.39, 0.29) is 11.7 Å². The first kappa shape index (κ1) is 12.9. The second kappa shape index (κ2) is 5.13. The Morgan fingerprint density at radius 1 is 1.05 bits per heavy atom. The molecule has 3 aromatic rings. The molecule has 0 atom stereocenters. The lowest BCUT2D eigenvalue weighted by Crippen LogP contribution is -2.29. The lowest BCUT2D eigenvalue weighted by molar-refractivity contribution is -0.652. The molecule has 4 heteroatoms. The molecule has 20 heavy (non-hydrogen) atoms. The third kappa shape index (κ3) is 2.34. The number of rotatable bonds is 2. The highest BCUT2D eigenvalue weighted by Gasteiger charge is 2.15. The maximum Gasteiger partial charge on any atom is 0.366 e. The van der Waals surface area contributed by atoms with Crippen LogP contribution in [0.2, 0.25) is 0 Å². The molecule has 0 aliphatic heterocycles. The van der Waals surface area contributed by atoms with E-state index in [9.17, 15) is 9.50 Å². The summed E-state index contributed by atoms with van der Waals surface area (Å²) in [6, 6.07) is 16.0. The second-order valence-corrected chi connectivity index (χ2v) is 5.61. The number of hydrogen-bond donors (Lipinski definition) is 1. The van der Waals surface area contributed by atoms with Crippen molar-refractivity contribution in [3.63, 3.8) is 0 Å². The fourth-order valence-corrected chi connectivity index (χ4v) is 3.08. The molecule has 2 aromatic carbocycles. The molecule has 1 N–H and O–H groups in total. The van der Waals surface area contributed by atoms with Gasteiger partial charge < -0.3 is 5.11 Å². The summed E-state index contributed by atoms with van der Waals surface area (Å²) in [6.45, 7) is 0. The number of hydrogen-bond acceptors (Lipinski definition) is 2. The summed E-state index contributed by atoms with van der Waals surface area (Å²) >= 11 is 1.51. The van der Waals surface area contributed by atoms with E-state index in [1.165, 1.54) is 23.9 Å². The first-order valence-corrected chi connectivity index (χ1v) is 7.01. The van der Waals surface area contributed by atoms with Gasteiger partial charge in [-0.2, -0.15) is 4.57 Å². The Morgan fingerprint density at radius 3 is 2.50 bits per heavy atom. The fraction of sp³-hybridized carbons (Fsp3) is 0.0625. The van der Waals surface area contributed by atoms with Gasteiger partial charge in [0.25, 0.3) is 0 Å². The van der Waals surface area contributed by atoms with E-state index in [0.29, 0.717) is 0 Å². The number of halogens is 1. The van der Waals surface area contributed by atoms with E-state index in [2.05, 4.69) is 0 Å². The fourth-order valence-electron chi connectivity index (χ4n) is 2.10. The van der Waals surface area contributed by atoms with E-state index in [0.717, 1.165) is 20.7 Å². The van der Waals surface area contributed by atoms with Crippen molar-refractivity contribution >= 4 is 22.7 Å². The largest absolute Gasteiger partial charge is 0.460 e. The van der Waals surface area contributed by atoms with Crippen molar-refractivity contribution in [2.45, 2.75) is 9.79 Å². The zero-order valence-corrected chi connectivity index (χ0v) is 11.7. The lowest BCUT2D eigenvalue weighted by Gasteiger charge is -2.06. The van der Waals surface area contributed by atoms with Crippen molar-refractivity contribution in [1.29, 1.82) is 0 Å². The van der Waals surface area contributed by atoms with Crippen LogP contribution in [0.3, 0.4) is 0 Å². The Hall–Kier alpha value is -2.07. The SMILES string of the molecule is C[n+]1c(O)cc(Sc2ccc(F)cc2)c2ccccc21. The van der Waals surface area contributed by atoms with Crippen LogP contribution in [-0.4, -0.2) is 5.11 Å². The Morgan fingerprint density at radius 2 is 1.75 bits per heavy atom. The summed E-state index contributed by atoms with van der Waals surface area (Å²) in [5.41, 5.74) is 0.956. The zero-order chi connectivity index (χ0) is 14.1. The predicted octanol–water partition coefficient (Wildman–Crippen LogP) is 3.66. The molecule has 3 rings (SSSR count). The van der Waals surface area contributed by atoms with Gasteiger partial charge in [-0.1, -0.05) is 23.9 Å². The lowest BCUT2D eigenvalue weighted by atomic mass is 10.2. The Balaban J connectivity index is 2.11. The molecule has 0 saturated heterocycles. The minimum Gasteiger partial charge on any atom is -0.460 e. The maximum absolute atomic E-state index is 12.9. The highest BCUT2D eigenvalue weighted by molar-refractivity contribution is 7.99. The van der Waals surface area contributed by atoms with Gasteiger partial charge in [-0.05, 0) is 30.3 Å². The molecule has 1 aromatic heterocycles. The molecule has 100 valence electrons. The minimum atomic E-state index is -0.249. The quantitative estimate of drug-likeness (QED) is 0.727. The second-order valence-electron chi connectivity index (χ2n) is 4.50. The van der Waals surface area contributed by atoms with E-state index in [1.54, 1.807) is 22.8 Å². The first-order chi connectivity index (χ1) is 9.65. The van der Waals surface area contributed by atoms with Gasteiger partial charge in [-0.25, -0.2) is 4.39 Å². The van der Waals surface area contributed by atoms with Gasteiger partial charge in [0.15, 0.2) is 0 Å². The van der Waals surface area contributed by atoms with Gasteiger partial charge in [0.05, 0.1) is 11.5 Å². The number of aryl methyl sites for hydroxylation is 1. The smallest absolute Gasteiger partial charge is 0.366 e. The van der Waals surface area contributed by atoms with E-state index >= 15 is 0 Å². The van der Waals surface area contributed by atoms with Crippen LogP contribution in [0.4, 0.5) is 4.39 Å². The third-order valence-corrected chi connectivity index (χ3v) is 4.24. The molecule has 0 aliphatic carbocycles. The maximum atomic E-state index is 12.9. The first-order valence-electron chi connectivity index (χ1n) is 6.19. The van der Waals surface area contributed by atoms with Crippen molar-refractivity contribution in [2.75, 3.05) is 0 Å². The van der Waals surface area contributed by atoms with Gasteiger partial charge in [0.2, 0.25) is 5.52 Å². The van der Waals surface area contributed by atoms with Crippen LogP contribution in [-0.2, 0) is 7.05 Å². The standard InChI is InChI=1S/C16H12FNOS/c1-18-14-5-3-2-4-13(14)15(10-16(18)19)20-12-8-6-11(17)7-9-12/h2-10H,1H3/p+1. The van der Waals surface area contributed by atoms with Crippen LogP contribution in [0.5, 0.6) is 5.88 Å². The normalized spacial score (nSPS) is 10.9. The summed E-state index contributed by atoms with van der Waals surface area (Å²) in [6.07, 6.45) is 0. The number of para-hydroxylation sites is 1. The molecule has 0 saturated carbocycles. The molecule has 0 aliphatic rings. The molecule has 0 amide bonds. The zero-order valence-electron chi connectivity index (χ0n) is 10.9. The van der Waals surface area contributed by atoms with Crippen LogP contribution in [0.15, 0.2) is 64.4 Å². The van der Waals surface area contributed by atoms with Crippen LogP contribution >= 0.6 is 11.8 Å². The monoisotopic (exact) mass is 286 g/mol. The van der Waals surface area contributed by atoms with Gasteiger partial charge >= 0.3 is 5.88 Å². The van der Waals surface area contributed by atoms with Crippen molar-refractivity contribution in [1.82, 2.24) is 0 Å². The van der Waals surface area contributed by atoms with Gasteiger partial charge in [-0.15, -0.1) is 0 Å². The summed E-state index contributed by atoms with van der Waals surface area (Å²) in [4.78, 5) is 1.88. The van der Waals surface area contributed by atoms with Gasteiger partial charge in [0.1, 0.15) is 12.9 Å². The average Bonchev–Trinajstić information content (AvgIpc) is 2.47. The molecule has 0 unspecified atom stereocenters. The van der Waals surface area contributed by atoms with Gasteiger partial charge in [0, 0.05) is 15.9 Å². The molecular weight excluding hydrogens is 273 g/mol. The molecular formula is C16H13FNOS+. The number of pyridine rings is 1. The average molecular weight is 286 g/mol. The highest BCUT2D eigenvalue weighted by Crippen LogP contribution is 2.34. The van der Waals surface area contributed by atoms with Crippen LogP contribution in [0.1, 0.15) is 0 Å². The van der Waals surface area contributed by atoms with Crippen LogP contribution in [0.25, 0.3) is 10.9 Å². The number of nitrogens with zero attached hydrogens (tertiary/aromatic N) is 1. The molecule has 2 nitrogen and oxygen atoms in total. The minimum absolute atomic E-state index is 0.202. The third-order valence-electron chi connectivity index (χ3n) is 3.18. The molecule has 0 bridgehead atoms. The molecule has 1 heterocycles. The molecule has 0 spiro atoms. The van der Waals surface area contributed by atoms with Crippen molar-refractivity contribution in [2.24, 2.45) is 7.05 Å². The number of aromatic nitrogens is 1. The van der Waals surface area contributed by atoms with E-state index in [4.69, 9.17) is 0 Å². The summed E-state index contributed by atoms with van der Waals surface area (Å²) in [5.74, 6) is -0.0465. The predicted molar refractivity (Wildman–Crippen MR) is 77.3 cm³/mol. The van der Waals surface area contributed by atoms with Crippen molar-refractivity contribution in [3.8, 4) is 5.88 Å². The van der Waals surface area contributed by atoms with Crippen molar-refractivity contribution < 1.29 is 14.1 Å². The Kier molecular flexibility index (Phi) is 3.32. The highest BCUT2D eigenvalue weighted by atomic mass is 32.2. The number of benzene rings is 2. The van der Waals surface area contributed by atoms with Crippen LogP contribution < -0.4 is 4.57 Å². The van der Waals surface area contributed by atoms with E-state index in [1.807, 2.05) is 31.3 Å². The Bertz CT molecular complexity index is 771.